The van der Waals surface area contributed by atoms with Crippen LogP contribution in [0.5, 0.6) is 5.75 Å². The van der Waals surface area contributed by atoms with Crippen molar-refractivity contribution in [3.05, 3.63) is 28.3 Å². The van der Waals surface area contributed by atoms with Gasteiger partial charge in [0, 0.05) is 10.6 Å². The van der Waals surface area contributed by atoms with Crippen LogP contribution in [0.3, 0.4) is 0 Å². The summed E-state index contributed by atoms with van der Waals surface area (Å²) in [7, 11) is 0. The number of hydrogen-bond donors (Lipinski definition) is 2. The van der Waals surface area contributed by atoms with Crippen molar-refractivity contribution in [3.8, 4) is 5.75 Å². The molecule has 1 unspecified atom stereocenters. The van der Waals surface area contributed by atoms with Crippen LogP contribution >= 0.6 is 11.6 Å². The first-order chi connectivity index (χ1) is 6.45. The van der Waals surface area contributed by atoms with Gasteiger partial charge in [0.1, 0.15) is 5.75 Å². The molecular weight excluding hydrogens is 204 g/mol. The lowest BCUT2D eigenvalue weighted by Gasteiger charge is -2.12. The smallest absolute Gasteiger partial charge is 0.310 e. The number of carbonyl (C=O) groups is 1. The van der Waals surface area contributed by atoms with Crippen LogP contribution in [0.15, 0.2) is 12.1 Å². The molecule has 4 heteroatoms. The minimum absolute atomic E-state index is 0.0348. The molecule has 0 aliphatic heterocycles. The minimum Gasteiger partial charge on any atom is -0.507 e. The third-order valence-electron chi connectivity index (χ3n) is 2.17. The van der Waals surface area contributed by atoms with Crippen LogP contribution in [-0.4, -0.2) is 16.2 Å². The van der Waals surface area contributed by atoms with E-state index in [0.717, 1.165) is 0 Å². The van der Waals surface area contributed by atoms with E-state index >= 15 is 0 Å². The first kappa shape index (κ1) is 10.9. The number of halogens is 1. The van der Waals surface area contributed by atoms with E-state index in [1.165, 1.54) is 6.92 Å². The fourth-order valence-electron chi connectivity index (χ4n) is 1.23. The molecule has 0 aromatic heterocycles. The number of benzene rings is 1. The fraction of sp³-hybridized carbons (Fsp3) is 0.300. The molecule has 0 heterocycles. The predicted octanol–water partition coefficient (Wildman–Crippen LogP) is 2.54. The Morgan fingerprint density at radius 2 is 2.07 bits per heavy atom. The largest absolute Gasteiger partial charge is 0.507 e. The maximum absolute atomic E-state index is 10.7. The van der Waals surface area contributed by atoms with Crippen LogP contribution in [0.25, 0.3) is 0 Å². The first-order valence-corrected chi connectivity index (χ1v) is 4.53. The minimum atomic E-state index is -1.01. The van der Waals surface area contributed by atoms with Gasteiger partial charge in [-0.1, -0.05) is 17.7 Å². The lowest BCUT2D eigenvalue weighted by Crippen LogP contribution is -2.08. The summed E-state index contributed by atoms with van der Waals surface area (Å²) in [5, 5.41) is 18.7. The van der Waals surface area contributed by atoms with Gasteiger partial charge in [0.25, 0.3) is 0 Å². The monoisotopic (exact) mass is 214 g/mol. The van der Waals surface area contributed by atoms with Gasteiger partial charge in [0.15, 0.2) is 0 Å². The summed E-state index contributed by atoms with van der Waals surface area (Å²) in [5.41, 5.74) is 0.900. The van der Waals surface area contributed by atoms with E-state index in [1.54, 1.807) is 19.1 Å². The Kier molecular flexibility index (Phi) is 3.01. The second-order valence-corrected chi connectivity index (χ2v) is 3.59. The van der Waals surface area contributed by atoms with Gasteiger partial charge in [0.05, 0.1) is 5.92 Å². The molecule has 76 valence electrons. The van der Waals surface area contributed by atoms with E-state index in [1.807, 2.05) is 0 Å². The zero-order valence-electron chi connectivity index (χ0n) is 7.91. The second kappa shape index (κ2) is 3.88. The van der Waals surface area contributed by atoms with Gasteiger partial charge in [-0.2, -0.15) is 0 Å². The number of rotatable bonds is 2. The van der Waals surface area contributed by atoms with Gasteiger partial charge in [-0.15, -0.1) is 0 Å². The Morgan fingerprint density at radius 1 is 1.50 bits per heavy atom. The van der Waals surface area contributed by atoms with Crippen LogP contribution in [0, 0.1) is 6.92 Å². The van der Waals surface area contributed by atoms with Gasteiger partial charge in [-0.25, -0.2) is 0 Å². The number of phenolic OH excluding ortho intramolecular Hbond substituents is 1. The molecule has 0 aliphatic rings. The van der Waals surface area contributed by atoms with E-state index in [9.17, 15) is 9.90 Å². The predicted molar refractivity (Wildman–Crippen MR) is 53.9 cm³/mol. The molecule has 0 bridgehead atoms. The molecule has 14 heavy (non-hydrogen) atoms. The van der Waals surface area contributed by atoms with Gasteiger partial charge >= 0.3 is 5.97 Å². The van der Waals surface area contributed by atoms with Crippen LogP contribution < -0.4 is 0 Å². The Labute approximate surface area is 86.9 Å². The summed E-state index contributed by atoms with van der Waals surface area (Å²) in [5.74, 6) is -1.84. The van der Waals surface area contributed by atoms with Crippen molar-refractivity contribution in [2.45, 2.75) is 19.8 Å². The quantitative estimate of drug-likeness (QED) is 0.796. The molecule has 1 aromatic carbocycles. The van der Waals surface area contributed by atoms with Gasteiger partial charge in [0.2, 0.25) is 0 Å². The average Bonchev–Trinajstić information content (AvgIpc) is 2.12. The summed E-state index contributed by atoms with van der Waals surface area (Å²) in [4.78, 5) is 10.7. The van der Waals surface area contributed by atoms with E-state index in [2.05, 4.69) is 0 Å². The van der Waals surface area contributed by atoms with Crippen LogP contribution in [-0.2, 0) is 4.79 Å². The molecule has 0 spiro atoms. The third kappa shape index (κ3) is 1.82. The van der Waals surface area contributed by atoms with Crippen molar-refractivity contribution in [2.24, 2.45) is 0 Å². The highest BCUT2D eigenvalue weighted by Gasteiger charge is 2.21. The molecule has 0 saturated carbocycles. The Balaban J connectivity index is 3.32. The summed E-state index contributed by atoms with van der Waals surface area (Å²) in [6, 6.07) is 3.24. The zero-order chi connectivity index (χ0) is 10.9. The van der Waals surface area contributed by atoms with Gasteiger partial charge in [-0.3, -0.25) is 4.79 Å². The van der Waals surface area contributed by atoms with Gasteiger partial charge in [-0.05, 0) is 25.5 Å². The highest BCUT2D eigenvalue weighted by atomic mass is 35.5. The molecule has 3 nitrogen and oxygen atoms in total. The van der Waals surface area contributed by atoms with Crippen molar-refractivity contribution in [1.29, 1.82) is 0 Å². The van der Waals surface area contributed by atoms with Crippen LogP contribution in [0.2, 0.25) is 5.02 Å². The van der Waals surface area contributed by atoms with E-state index < -0.39 is 11.9 Å². The van der Waals surface area contributed by atoms with E-state index in [-0.39, 0.29) is 16.3 Å². The SMILES string of the molecule is Cc1ccc(Cl)c(C(C)C(=O)O)c1O. The standard InChI is InChI=1S/C10H11ClO3/c1-5-3-4-7(11)8(9(5)12)6(2)10(13)14/h3-4,6,12H,1-2H3,(H,13,14). The molecule has 0 aliphatic carbocycles. The lowest BCUT2D eigenvalue weighted by molar-refractivity contribution is -0.138. The molecule has 0 amide bonds. The van der Waals surface area contributed by atoms with Gasteiger partial charge < -0.3 is 10.2 Å². The number of hydrogen-bond acceptors (Lipinski definition) is 2. The van der Waals surface area contributed by atoms with Crippen molar-refractivity contribution < 1.29 is 15.0 Å². The Bertz CT molecular complexity index is 374. The maximum Gasteiger partial charge on any atom is 0.310 e. The van der Waals surface area contributed by atoms with Crippen LogP contribution in [0.1, 0.15) is 24.0 Å². The van der Waals surface area contributed by atoms with E-state index in [4.69, 9.17) is 16.7 Å². The molecule has 1 rings (SSSR count). The number of aryl methyl sites for hydroxylation is 1. The molecule has 1 atom stereocenters. The molecule has 0 fully saturated rings. The topological polar surface area (TPSA) is 57.5 Å². The molecular formula is C10H11ClO3. The average molecular weight is 215 g/mol. The molecule has 2 N–H and O–H groups in total. The molecule has 1 aromatic rings. The summed E-state index contributed by atoms with van der Waals surface area (Å²) < 4.78 is 0. The van der Waals surface area contributed by atoms with Crippen molar-refractivity contribution in [2.75, 3.05) is 0 Å². The normalized spacial score (nSPS) is 12.5. The fourth-order valence-corrected chi connectivity index (χ4v) is 1.54. The number of carboxylic acid groups (broad SMARTS) is 1. The number of phenols is 1. The highest BCUT2D eigenvalue weighted by molar-refractivity contribution is 6.31. The molecule has 0 radical (unpaired) electrons. The second-order valence-electron chi connectivity index (χ2n) is 3.19. The number of carboxylic acids is 1. The number of aliphatic carboxylic acids is 1. The van der Waals surface area contributed by atoms with Crippen molar-refractivity contribution in [1.82, 2.24) is 0 Å². The third-order valence-corrected chi connectivity index (χ3v) is 2.50. The zero-order valence-corrected chi connectivity index (χ0v) is 8.67. The number of aromatic hydroxyl groups is 1. The lowest BCUT2D eigenvalue weighted by atomic mass is 9.98. The summed E-state index contributed by atoms with van der Waals surface area (Å²) >= 11 is 5.82. The van der Waals surface area contributed by atoms with Crippen LogP contribution in [0.4, 0.5) is 0 Å². The van der Waals surface area contributed by atoms with Crippen molar-refractivity contribution >= 4 is 17.6 Å². The summed E-state index contributed by atoms with van der Waals surface area (Å²) in [6.07, 6.45) is 0. The summed E-state index contributed by atoms with van der Waals surface area (Å²) in [6.45, 7) is 3.19. The molecule has 0 saturated heterocycles. The first-order valence-electron chi connectivity index (χ1n) is 4.16. The Morgan fingerprint density at radius 3 is 2.57 bits per heavy atom. The Hall–Kier alpha value is -1.22. The van der Waals surface area contributed by atoms with Crippen molar-refractivity contribution in [3.63, 3.8) is 0 Å². The maximum atomic E-state index is 10.7. The van der Waals surface area contributed by atoms with E-state index in [0.29, 0.717) is 5.56 Å². The highest BCUT2D eigenvalue weighted by Crippen LogP contribution is 2.35.